The van der Waals surface area contributed by atoms with Crippen molar-refractivity contribution in [3.8, 4) is 11.5 Å². The summed E-state index contributed by atoms with van der Waals surface area (Å²) in [6.45, 7) is 6.01. The molecule has 3 fully saturated rings. The van der Waals surface area contributed by atoms with Gasteiger partial charge in [0.15, 0.2) is 11.5 Å². The molecule has 2 saturated carbocycles. The van der Waals surface area contributed by atoms with E-state index in [0.717, 1.165) is 37.0 Å². The minimum Gasteiger partial charge on any atom is -0.493 e. The zero-order valence-corrected chi connectivity index (χ0v) is 20.0. The van der Waals surface area contributed by atoms with E-state index in [2.05, 4.69) is 31.4 Å². The molecule has 180 valence electrons. The van der Waals surface area contributed by atoms with Gasteiger partial charge < -0.3 is 20.1 Å². The topological polar surface area (TPSA) is 97.0 Å². The predicted molar refractivity (Wildman–Crippen MR) is 124 cm³/mol. The summed E-state index contributed by atoms with van der Waals surface area (Å²) < 4.78 is 11.5. The molecule has 4 rings (SSSR count). The van der Waals surface area contributed by atoms with Crippen LogP contribution < -0.4 is 20.1 Å². The van der Waals surface area contributed by atoms with E-state index in [9.17, 15) is 14.4 Å². The van der Waals surface area contributed by atoms with Gasteiger partial charge in [0.2, 0.25) is 5.91 Å². The minimum absolute atomic E-state index is 0.0578. The SMILES string of the molecule is COc1ccc(NC(=O)CN2C(=O)NC3(CC(C)CC(C)(C)C3)C2=O)cc1OC1CCCC1. The van der Waals surface area contributed by atoms with Crippen molar-refractivity contribution >= 4 is 23.5 Å². The van der Waals surface area contributed by atoms with Crippen LogP contribution in [0.25, 0.3) is 0 Å². The summed E-state index contributed by atoms with van der Waals surface area (Å²) in [5.74, 6) is 0.752. The molecular weight excluding hydrogens is 422 g/mol. The molecule has 1 spiro atoms. The number of methoxy groups -OCH3 is 1. The number of ether oxygens (including phenoxy) is 2. The summed E-state index contributed by atoms with van der Waals surface area (Å²) in [7, 11) is 1.58. The van der Waals surface area contributed by atoms with Crippen molar-refractivity contribution < 1.29 is 23.9 Å². The molecule has 33 heavy (non-hydrogen) atoms. The lowest BCUT2D eigenvalue weighted by Crippen LogP contribution is -2.54. The monoisotopic (exact) mass is 457 g/mol. The number of nitrogens with zero attached hydrogens (tertiary/aromatic N) is 1. The lowest BCUT2D eigenvalue weighted by atomic mass is 9.64. The molecule has 4 amide bonds. The molecule has 3 aliphatic rings. The second-order valence-corrected chi connectivity index (χ2v) is 10.7. The van der Waals surface area contributed by atoms with E-state index in [1.165, 1.54) is 0 Å². The van der Waals surface area contributed by atoms with E-state index in [-0.39, 0.29) is 24.0 Å². The van der Waals surface area contributed by atoms with Gasteiger partial charge >= 0.3 is 6.03 Å². The first kappa shape index (κ1) is 23.4. The maximum Gasteiger partial charge on any atom is 0.325 e. The normalized spacial score (nSPS) is 27.0. The summed E-state index contributed by atoms with van der Waals surface area (Å²) in [6.07, 6.45) is 6.62. The van der Waals surface area contributed by atoms with Crippen LogP contribution in [0, 0.1) is 11.3 Å². The first-order valence-electron chi connectivity index (χ1n) is 11.9. The highest BCUT2D eigenvalue weighted by Gasteiger charge is 2.56. The fourth-order valence-corrected chi connectivity index (χ4v) is 6.03. The molecule has 8 nitrogen and oxygen atoms in total. The van der Waals surface area contributed by atoms with Crippen molar-refractivity contribution in [1.29, 1.82) is 0 Å². The van der Waals surface area contributed by atoms with E-state index in [4.69, 9.17) is 9.47 Å². The number of carbonyl (C=O) groups excluding carboxylic acids is 3. The number of carbonyl (C=O) groups is 3. The summed E-state index contributed by atoms with van der Waals surface area (Å²) in [4.78, 5) is 39.8. The number of nitrogens with one attached hydrogen (secondary N) is 2. The number of rotatable bonds is 6. The van der Waals surface area contributed by atoms with Crippen LogP contribution in [0.3, 0.4) is 0 Å². The molecule has 1 saturated heterocycles. The Kier molecular flexibility index (Phi) is 6.29. The Bertz CT molecular complexity index is 940. The first-order valence-corrected chi connectivity index (χ1v) is 11.9. The number of amides is 4. The smallest absolute Gasteiger partial charge is 0.325 e. The molecule has 1 heterocycles. The van der Waals surface area contributed by atoms with Crippen LogP contribution in [0.1, 0.15) is 65.7 Å². The van der Waals surface area contributed by atoms with Crippen LogP contribution in [0.4, 0.5) is 10.5 Å². The largest absolute Gasteiger partial charge is 0.493 e. The zero-order chi connectivity index (χ0) is 23.8. The molecule has 8 heteroatoms. The van der Waals surface area contributed by atoms with Gasteiger partial charge in [0.05, 0.1) is 13.2 Å². The van der Waals surface area contributed by atoms with Gasteiger partial charge in [-0.1, -0.05) is 20.8 Å². The van der Waals surface area contributed by atoms with Crippen LogP contribution in [0.5, 0.6) is 11.5 Å². The fraction of sp³-hybridized carbons (Fsp3) is 0.640. The molecular formula is C25H35N3O5. The van der Waals surface area contributed by atoms with Gasteiger partial charge in [-0.15, -0.1) is 0 Å². The van der Waals surface area contributed by atoms with Gasteiger partial charge in [-0.3, -0.25) is 14.5 Å². The number of anilines is 1. The molecule has 0 radical (unpaired) electrons. The Labute approximate surface area is 195 Å². The number of imide groups is 1. The fourth-order valence-electron chi connectivity index (χ4n) is 6.03. The molecule has 0 aromatic heterocycles. The molecule has 1 aromatic carbocycles. The van der Waals surface area contributed by atoms with Crippen LogP contribution in [-0.2, 0) is 9.59 Å². The molecule has 1 aliphatic heterocycles. The standard InChI is InChI=1S/C25H35N3O5/c1-16-12-24(2,3)15-25(13-16)22(30)28(23(31)27-25)14-21(29)26-17-9-10-19(32-4)20(11-17)33-18-7-5-6-8-18/h9-11,16,18H,5-8,12-15H2,1-4H3,(H,26,29)(H,27,31). The highest BCUT2D eigenvalue weighted by Crippen LogP contribution is 2.46. The van der Waals surface area contributed by atoms with Crippen LogP contribution in [-0.4, -0.2) is 48.0 Å². The average molecular weight is 458 g/mol. The van der Waals surface area contributed by atoms with E-state index in [0.29, 0.717) is 35.9 Å². The highest BCUT2D eigenvalue weighted by atomic mass is 16.5. The number of urea groups is 1. The van der Waals surface area contributed by atoms with Crippen molar-refractivity contribution in [3.63, 3.8) is 0 Å². The second-order valence-electron chi connectivity index (χ2n) is 10.7. The van der Waals surface area contributed by atoms with Gasteiger partial charge in [0.25, 0.3) is 5.91 Å². The summed E-state index contributed by atoms with van der Waals surface area (Å²) in [6, 6.07) is 4.69. The van der Waals surface area contributed by atoms with Crippen molar-refractivity contribution in [1.82, 2.24) is 10.2 Å². The third kappa shape index (κ3) is 4.94. The second kappa shape index (κ2) is 8.88. The van der Waals surface area contributed by atoms with Crippen molar-refractivity contribution in [3.05, 3.63) is 18.2 Å². The van der Waals surface area contributed by atoms with Crippen LogP contribution >= 0.6 is 0 Å². The lowest BCUT2D eigenvalue weighted by molar-refractivity contribution is -0.136. The third-order valence-electron chi connectivity index (χ3n) is 6.97. The molecule has 2 atom stereocenters. The molecule has 2 aliphatic carbocycles. The predicted octanol–water partition coefficient (Wildman–Crippen LogP) is 4.09. The number of benzene rings is 1. The quantitative estimate of drug-likeness (QED) is 0.627. The summed E-state index contributed by atoms with van der Waals surface area (Å²) >= 11 is 0. The Hall–Kier alpha value is -2.77. The average Bonchev–Trinajstić information content (AvgIpc) is 3.29. The van der Waals surface area contributed by atoms with E-state index >= 15 is 0 Å². The van der Waals surface area contributed by atoms with Gasteiger partial charge in [-0.2, -0.15) is 0 Å². The zero-order valence-electron chi connectivity index (χ0n) is 20.0. The first-order chi connectivity index (χ1) is 15.6. The molecule has 0 bridgehead atoms. The Balaban J connectivity index is 1.43. The van der Waals surface area contributed by atoms with Crippen molar-refractivity contribution in [2.75, 3.05) is 19.0 Å². The lowest BCUT2D eigenvalue weighted by Gasteiger charge is -2.43. The maximum atomic E-state index is 13.3. The van der Waals surface area contributed by atoms with Gasteiger partial charge in [0.1, 0.15) is 12.1 Å². The maximum absolute atomic E-state index is 13.3. The van der Waals surface area contributed by atoms with Crippen molar-refractivity contribution in [2.45, 2.75) is 77.4 Å². The third-order valence-corrected chi connectivity index (χ3v) is 6.97. The van der Waals surface area contributed by atoms with Crippen LogP contribution in [0.15, 0.2) is 18.2 Å². The highest BCUT2D eigenvalue weighted by molar-refractivity contribution is 6.10. The Morgan fingerprint density at radius 3 is 2.58 bits per heavy atom. The number of hydrogen-bond acceptors (Lipinski definition) is 5. The van der Waals surface area contributed by atoms with Gasteiger partial charge in [-0.25, -0.2) is 4.79 Å². The molecule has 1 aromatic rings. The Morgan fingerprint density at radius 1 is 1.18 bits per heavy atom. The summed E-state index contributed by atoms with van der Waals surface area (Å²) in [5.41, 5.74) is -0.443. The summed E-state index contributed by atoms with van der Waals surface area (Å²) in [5, 5.41) is 5.70. The molecule has 2 unspecified atom stereocenters. The van der Waals surface area contributed by atoms with E-state index < -0.39 is 17.5 Å². The molecule has 2 N–H and O–H groups in total. The van der Waals surface area contributed by atoms with E-state index in [1.54, 1.807) is 25.3 Å². The van der Waals surface area contributed by atoms with Gasteiger partial charge in [-0.05, 0) is 68.4 Å². The van der Waals surface area contributed by atoms with E-state index in [1.807, 2.05) is 0 Å². The minimum atomic E-state index is -0.916. The number of hydrogen-bond donors (Lipinski definition) is 2. The van der Waals surface area contributed by atoms with Crippen LogP contribution in [0.2, 0.25) is 0 Å². The van der Waals surface area contributed by atoms with Gasteiger partial charge in [0, 0.05) is 11.8 Å². The Morgan fingerprint density at radius 2 is 1.91 bits per heavy atom. The van der Waals surface area contributed by atoms with Crippen molar-refractivity contribution in [2.24, 2.45) is 11.3 Å².